The molecule has 0 aromatic heterocycles. The van der Waals surface area contributed by atoms with E-state index in [-0.39, 0.29) is 11.7 Å². The normalized spacial score (nSPS) is 23.7. The standard InChI is InChI=1S/C17H24O2/c1-5-6-15(16-11-12-17(2,3)19-16)13-7-9-14(18-4)10-8-13/h5-10,15-16H,11-12H2,1-4H3/b6-5+/t15-,16-/m1/s1. The summed E-state index contributed by atoms with van der Waals surface area (Å²) in [6, 6.07) is 8.31. The van der Waals surface area contributed by atoms with Gasteiger partial charge in [0.1, 0.15) is 5.75 Å². The Morgan fingerprint density at radius 3 is 2.47 bits per heavy atom. The zero-order valence-electron chi connectivity index (χ0n) is 12.3. The fraction of sp³-hybridized carbons (Fsp3) is 0.529. The molecule has 0 amide bonds. The second kappa shape index (κ2) is 5.79. The SMILES string of the molecule is C/C=C/[C@H](c1ccc(OC)cc1)[C@H]1CCC(C)(C)O1. The highest BCUT2D eigenvalue weighted by atomic mass is 16.5. The molecule has 0 unspecified atom stereocenters. The lowest BCUT2D eigenvalue weighted by Gasteiger charge is -2.24. The third-order valence-corrected chi connectivity index (χ3v) is 3.80. The summed E-state index contributed by atoms with van der Waals surface area (Å²) in [6.07, 6.45) is 6.88. The first-order chi connectivity index (χ1) is 9.05. The lowest BCUT2D eigenvalue weighted by molar-refractivity contribution is -0.0206. The van der Waals surface area contributed by atoms with Gasteiger partial charge in [-0.25, -0.2) is 0 Å². The Hall–Kier alpha value is -1.28. The summed E-state index contributed by atoms with van der Waals surface area (Å²) in [7, 11) is 1.70. The van der Waals surface area contributed by atoms with Gasteiger partial charge in [-0.3, -0.25) is 0 Å². The van der Waals surface area contributed by atoms with Crippen molar-refractivity contribution >= 4 is 0 Å². The largest absolute Gasteiger partial charge is 0.497 e. The molecule has 1 aliphatic heterocycles. The Balaban J connectivity index is 2.20. The molecule has 2 rings (SSSR count). The van der Waals surface area contributed by atoms with Crippen LogP contribution in [0.4, 0.5) is 0 Å². The minimum Gasteiger partial charge on any atom is -0.497 e. The van der Waals surface area contributed by atoms with E-state index in [1.165, 1.54) is 5.56 Å². The monoisotopic (exact) mass is 260 g/mol. The van der Waals surface area contributed by atoms with Gasteiger partial charge in [0.05, 0.1) is 18.8 Å². The molecule has 1 heterocycles. The van der Waals surface area contributed by atoms with Gasteiger partial charge in [-0.15, -0.1) is 0 Å². The van der Waals surface area contributed by atoms with Crippen molar-refractivity contribution in [3.05, 3.63) is 42.0 Å². The van der Waals surface area contributed by atoms with Crippen LogP contribution in [0.15, 0.2) is 36.4 Å². The van der Waals surface area contributed by atoms with E-state index in [2.05, 4.69) is 45.1 Å². The Morgan fingerprint density at radius 1 is 1.32 bits per heavy atom. The van der Waals surface area contributed by atoms with Crippen LogP contribution in [0.1, 0.15) is 45.1 Å². The van der Waals surface area contributed by atoms with Crippen LogP contribution in [0.3, 0.4) is 0 Å². The van der Waals surface area contributed by atoms with Crippen molar-refractivity contribution in [3.8, 4) is 5.75 Å². The molecule has 104 valence electrons. The topological polar surface area (TPSA) is 18.5 Å². The van der Waals surface area contributed by atoms with Gasteiger partial charge < -0.3 is 9.47 Å². The van der Waals surface area contributed by atoms with Crippen LogP contribution < -0.4 is 4.74 Å². The Kier molecular flexibility index (Phi) is 4.31. The molecule has 2 atom stereocenters. The maximum Gasteiger partial charge on any atom is 0.118 e. The molecule has 0 saturated carbocycles. The minimum absolute atomic E-state index is 0.0109. The Labute approximate surface area is 116 Å². The summed E-state index contributed by atoms with van der Waals surface area (Å²) in [5.74, 6) is 1.23. The summed E-state index contributed by atoms with van der Waals surface area (Å²) in [4.78, 5) is 0. The molecule has 0 bridgehead atoms. The van der Waals surface area contributed by atoms with E-state index < -0.39 is 0 Å². The summed E-state index contributed by atoms with van der Waals surface area (Å²) >= 11 is 0. The van der Waals surface area contributed by atoms with Gasteiger partial charge >= 0.3 is 0 Å². The van der Waals surface area contributed by atoms with E-state index in [0.717, 1.165) is 18.6 Å². The quantitative estimate of drug-likeness (QED) is 0.751. The van der Waals surface area contributed by atoms with Gasteiger partial charge in [0.15, 0.2) is 0 Å². The second-order valence-electron chi connectivity index (χ2n) is 5.78. The van der Waals surface area contributed by atoms with Gasteiger partial charge in [0, 0.05) is 5.92 Å². The molecule has 1 saturated heterocycles. The zero-order chi connectivity index (χ0) is 13.9. The van der Waals surface area contributed by atoms with Gasteiger partial charge in [0.2, 0.25) is 0 Å². The van der Waals surface area contributed by atoms with E-state index in [9.17, 15) is 0 Å². The van der Waals surface area contributed by atoms with Crippen LogP contribution in [0.2, 0.25) is 0 Å². The lowest BCUT2D eigenvalue weighted by atomic mass is 9.91. The number of ether oxygens (including phenoxy) is 2. The van der Waals surface area contributed by atoms with Crippen molar-refractivity contribution in [2.24, 2.45) is 0 Å². The predicted octanol–water partition coefficient (Wildman–Crippen LogP) is 4.31. The predicted molar refractivity (Wildman–Crippen MR) is 78.7 cm³/mol. The van der Waals surface area contributed by atoms with Crippen LogP contribution in [0.5, 0.6) is 5.75 Å². The highest BCUT2D eigenvalue weighted by Crippen LogP contribution is 2.38. The van der Waals surface area contributed by atoms with E-state index in [1.807, 2.05) is 12.1 Å². The van der Waals surface area contributed by atoms with E-state index in [0.29, 0.717) is 5.92 Å². The average molecular weight is 260 g/mol. The zero-order valence-corrected chi connectivity index (χ0v) is 12.3. The van der Waals surface area contributed by atoms with Gasteiger partial charge in [-0.1, -0.05) is 24.3 Å². The highest BCUT2D eigenvalue weighted by molar-refractivity contribution is 5.32. The number of benzene rings is 1. The van der Waals surface area contributed by atoms with E-state index in [1.54, 1.807) is 7.11 Å². The Bertz CT molecular complexity index is 431. The number of rotatable bonds is 4. The summed E-state index contributed by atoms with van der Waals surface area (Å²) in [5, 5.41) is 0. The molecule has 0 N–H and O–H groups in total. The Morgan fingerprint density at radius 2 is 2.00 bits per heavy atom. The van der Waals surface area contributed by atoms with Gasteiger partial charge in [-0.2, -0.15) is 0 Å². The van der Waals surface area contributed by atoms with E-state index >= 15 is 0 Å². The van der Waals surface area contributed by atoms with Crippen LogP contribution in [-0.4, -0.2) is 18.8 Å². The van der Waals surface area contributed by atoms with E-state index in [4.69, 9.17) is 9.47 Å². The van der Waals surface area contributed by atoms with Crippen molar-refractivity contribution < 1.29 is 9.47 Å². The second-order valence-corrected chi connectivity index (χ2v) is 5.78. The van der Waals surface area contributed by atoms with Crippen molar-refractivity contribution in [3.63, 3.8) is 0 Å². The number of hydrogen-bond donors (Lipinski definition) is 0. The van der Waals surface area contributed by atoms with Gasteiger partial charge in [0.25, 0.3) is 0 Å². The molecule has 0 spiro atoms. The van der Waals surface area contributed by atoms with Crippen LogP contribution in [-0.2, 0) is 4.74 Å². The first kappa shape index (κ1) is 14.1. The fourth-order valence-corrected chi connectivity index (χ4v) is 2.75. The molecule has 0 radical (unpaired) electrons. The number of methoxy groups -OCH3 is 1. The molecule has 1 aliphatic rings. The summed E-state index contributed by atoms with van der Waals surface area (Å²) in [6.45, 7) is 6.41. The minimum atomic E-state index is 0.0109. The fourth-order valence-electron chi connectivity index (χ4n) is 2.75. The average Bonchev–Trinajstić information content (AvgIpc) is 2.76. The first-order valence-electron chi connectivity index (χ1n) is 7.00. The van der Waals surface area contributed by atoms with Crippen molar-refractivity contribution in [1.29, 1.82) is 0 Å². The first-order valence-corrected chi connectivity index (χ1v) is 7.00. The molecule has 19 heavy (non-hydrogen) atoms. The molecular weight excluding hydrogens is 236 g/mol. The molecule has 1 aromatic carbocycles. The number of allylic oxidation sites excluding steroid dienone is 1. The third-order valence-electron chi connectivity index (χ3n) is 3.80. The third kappa shape index (κ3) is 3.38. The molecule has 1 fully saturated rings. The van der Waals surface area contributed by atoms with Crippen LogP contribution in [0, 0.1) is 0 Å². The van der Waals surface area contributed by atoms with Crippen molar-refractivity contribution in [2.75, 3.05) is 7.11 Å². The van der Waals surface area contributed by atoms with Crippen LogP contribution in [0.25, 0.3) is 0 Å². The molecule has 2 nitrogen and oxygen atoms in total. The molecular formula is C17H24O2. The lowest BCUT2D eigenvalue weighted by Crippen LogP contribution is -2.23. The van der Waals surface area contributed by atoms with Crippen LogP contribution >= 0.6 is 0 Å². The molecule has 2 heteroatoms. The number of hydrogen-bond acceptors (Lipinski definition) is 2. The van der Waals surface area contributed by atoms with Crippen molar-refractivity contribution in [2.45, 2.75) is 51.2 Å². The summed E-state index contributed by atoms with van der Waals surface area (Å²) in [5.41, 5.74) is 1.30. The molecule has 0 aliphatic carbocycles. The maximum atomic E-state index is 6.19. The smallest absolute Gasteiger partial charge is 0.118 e. The summed E-state index contributed by atoms with van der Waals surface area (Å²) < 4.78 is 11.4. The highest BCUT2D eigenvalue weighted by Gasteiger charge is 2.35. The van der Waals surface area contributed by atoms with Gasteiger partial charge in [-0.05, 0) is 51.3 Å². The van der Waals surface area contributed by atoms with Crippen molar-refractivity contribution in [1.82, 2.24) is 0 Å². The maximum absolute atomic E-state index is 6.19. The molecule has 1 aromatic rings.